The van der Waals surface area contributed by atoms with Crippen molar-refractivity contribution in [1.82, 2.24) is 15.2 Å². The van der Waals surface area contributed by atoms with Gasteiger partial charge >= 0.3 is 0 Å². The minimum atomic E-state index is -0.337. The number of amides is 1. The van der Waals surface area contributed by atoms with Gasteiger partial charge in [-0.1, -0.05) is 57.9 Å². The van der Waals surface area contributed by atoms with Crippen molar-refractivity contribution < 1.29 is 4.79 Å². The SMILES string of the molecule is Cc1ccc(/C=N/NC(=O)c2ccn(Cc3cccc(Br)c3)n2)cc1. The Morgan fingerprint density at radius 2 is 2.04 bits per heavy atom. The number of hydrogen-bond donors (Lipinski definition) is 1. The van der Waals surface area contributed by atoms with Crippen molar-refractivity contribution in [2.24, 2.45) is 5.10 Å². The van der Waals surface area contributed by atoms with Crippen LogP contribution in [0.1, 0.15) is 27.2 Å². The van der Waals surface area contributed by atoms with Gasteiger partial charge in [0.05, 0.1) is 12.8 Å². The highest BCUT2D eigenvalue weighted by Gasteiger charge is 2.08. The van der Waals surface area contributed by atoms with Crippen LogP contribution in [-0.2, 0) is 6.54 Å². The summed E-state index contributed by atoms with van der Waals surface area (Å²) in [4.78, 5) is 12.1. The fraction of sp³-hybridized carbons (Fsp3) is 0.105. The summed E-state index contributed by atoms with van der Waals surface area (Å²) in [6, 6.07) is 17.5. The second-order valence-corrected chi connectivity index (χ2v) is 6.55. The fourth-order valence-electron chi connectivity index (χ4n) is 2.27. The van der Waals surface area contributed by atoms with E-state index >= 15 is 0 Å². The Balaban J connectivity index is 1.59. The van der Waals surface area contributed by atoms with Crippen LogP contribution >= 0.6 is 15.9 Å². The van der Waals surface area contributed by atoms with E-state index in [0.29, 0.717) is 12.2 Å². The second kappa shape index (κ2) is 7.90. The first kappa shape index (κ1) is 17.1. The van der Waals surface area contributed by atoms with Crippen LogP contribution < -0.4 is 5.43 Å². The highest BCUT2D eigenvalue weighted by molar-refractivity contribution is 9.10. The van der Waals surface area contributed by atoms with E-state index in [1.807, 2.05) is 55.5 Å². The van der Waals surface area contributed by atoms with Crippen LogP contribution in [0.5, 0.6) is 0 Å². The predicted octanol–water partition coefficient (Wildman–Crippen LogP) is 3.77. The number of halogens is 1. The van der Waals surface area contributed by atoms with Crippen molar-refractivity contribution in [3.63, 3.8) is 0 Å². The summed E-state index contributed by atoms with van der Waals surface area (Å²) in [5.41, 5.74) is 6.02. The molecule has 0 atom stereocenters. The molecular formula is C19H17BrN4O. The van der Waals surface area contributed by atoms with Crippen molar-refractivity contribution in [3.05, 3.63) is 87.7 Å². The van der Waals surface area contributed by atoms with Crippen LogP contribution in [0.4, 0.5) is 0 Å². The Bertz CT molecular complexity index is 900. The van der Waals surface area contributed by atoms with Gasteiger partial charge in [0.2, 0.25) is 0 Å². The lowest BCUT2D eigenvalue weighted by molar-refractivity contribution is 0.0949. The molecule has 0 aliphatic rings. The summed E-state index contributed by atoms with van der Waals surface area (Å²) in [5, 5.41) is 8.26. The van der Waals surface area contributed by atoms with Crippen molar-refractivity contribution in [2.75, 3.05) is 0 Å². The van der Waals surface area contributed by atoms with Gasteiger partial charge in [-0.3, -0.25) is 9.48 Å². The molecule has 0 fully saturated rings. The number of aryl methyl sites for hydroxylation is 1. The molecule has 2 aromatic carbocycles. The highest BCUT2D eigenvalue weighted by Crippen LogP contribution is 2.12. The van der Waals surface area contributed by atoms with E-state index in [2.05, 4.69) is 31.6 Å². The van der Waals surface area contributed by atoms with Crippen LogP contribution in [-0.4, -0.2) is 21.9 Å². The quantitative estimate of drug-likeness (QED) is 0.527. The molecule has 0 saturated heterocycles. The number of benzene rings is 2. The summed E-state index contributed by atoms with van der Waals surface area (Å²) in [5.74, 6) is -0.337. The van der Waals surface area contributed by atoms with E-state index < -0.39 is 0 Å². The molecule has 0 aliphatic heterocycles. The normalized spacial score (nSPS) is 11.0. The van der Waals surface area contributed by atoms with Crippen LogP contribution in [0.15, 0.2) is 70.4 Å². The smallest absolute Gasteiger partial charge is 0.268 e. The van der Waals surface area contributed by atoms with Crippen LogP contribution in [0, 0.1) is 6.92 Å². The maximum atomic E-state index is 12.1. The summed E-state index contributed by atoms with van der Waals surface area (Å²) in [6.45, 7) is 2.62. The van der Waals surface area contributed by atoms with Gasteiger partial charge in [0, 0.05) is 10.7 Å². The monoisotopic (exact) mass is 396 g/mol. The summed E-state index contributed by atoms with van der Waals surface area (Å²) in [6.07, 6.45) is 3.38. The van der Waals surface area contributed by atoms with Gasteiger partial charge in [-0.25, -0.2) is 5.43 Å². The summed E-state index contributed by atoms with van der Waals surface area (Å²) < 4.78 is 2.74. The molecule has 5 nitrogen and oxygen atoms in total. The standard InChI is InChI=1S/C19H17BrN4O/c1-14-5-7-15(8-6-14)12-21-22-19(25)18-9-10-24(23-18)13-16-3-2-4-17(20)11-16/h2-12H,13H2,1H3,(H,22,25)/b21-12+. The number of aromatic nitrogens is 2. The molecule has 0 aliphatic carbocycles. The zero-order valence-corrected chi connectivity index (χ0v) is 15.3. The maximum absolute atomic E-state index is 12.1. The largest absolute Gasteiger partial charge is 0.291 e. The molecule has 0 spiro atoms. The lowest BCUT2D eigenvalue weighted by Gasteiger charge is -2.02. The first-order valence-electron chi connectivity index (χ1n) is 7.78. The van der Waals surface area contributed by atoms with Crippen molar-refractivity contribution in [3.8, 4) is 0 Å². The molecule has 1 amide bonds. The van der Waals surface area contributed by atoms with Crippen molar-refractivity contribution in [2.45, 2.75) is 13.5 Å². The van der Waals surface area contributed by atoms with Gasteiger partial charge in [0.1, 0.15) is 0 Å². The lowest BCUT2D eigenvalue weighted by atomic mass is 10.2. The Morgan fingerprint density at radius 3 is 2.80 bits per heavy atom. The molecule has 25 heavy (non-hydrogen) atoms. The van der Waals surface area contributed by atoms with Crippen molar-refractivity contribution in [1.29, 1.82) is 0 Å². The van der Waals surface area contributed by atoms with E-state index in [4.69, 9.17) is 0 Å². The average molecular weight is 397 g/mol. The Morgan fingerprint density at radius 1 is 1.24 bits per heavy atom. The molecule has 1 N–H and O–H groups in total. The molecule has 0 bridgehead atoms. The summed E-state index contributed by atoms with van der Waals surface area (Å²) >= 11 is 3.45. The number of carbonyl (C=O) groups excluding carboxylic acids is 1. The first-order valence-corrected chi connectivity index (χ1v) is 8.57. The van der Waals surface area contributed by atoms with E-state index in [1.54, 1.807) is 23.2 Å². The van der Waals surface area contributed by atoms with E-state index in [0.717, 1.165) is 15.6 Å². The highest BCUT2D eigenvalue weighted by atomic mass is 79.9. The zero-order chi connectivity index (χ0) is 17.6. The van der Waals surface area contributed by atoms with Crippen molar-refractivity contribution >= 4 is 28.1 Å². The predicted molar refractivity (Wildman–Crippen MR) is 102 cm³/mol. The molecule has 126 valence electrons. The van der Waals surface area contributed by atoms with Crippen LogP contribution in [0.3, 0.4) is 0 Å². The van der Waals surface area contributed by atoms with E-state index in [1.165, 1.54) is 5.56 Å². The Kier molecular flexibility index (Phi) is 5.40. The minimum Gasteiger partial charge on any atom is -0.268 e. The molecule has 0 radical (unpaired) electrons. The number of nitrogens with one attached hydrogen (secondary N) is 1. The van der Waals surface area contributed by atoms with Gasteiger partial charge < -0.3 is 0 Å². The molecule has 3 rings (SSSR count). The van der Waals surface area contributed by atoms with E-state index in [-0.39, 0.29) is 5.91 Å². The molecular weight excluding hydrogens is 380 g/mol. The molecule has 1 aromatic heterocycles. The van der Waals surface area contributed by atoms with Crippen LogP contribution in [0.25, 0.3) is 0 Å². The zero-order valence-electron chi connectivity index (χ0n) is 13.7. The topological polar surface area (TPSA) is 59.3 Å². The molecule has 6 heteroatoms. The average Bonchev–Trinajstić information content (AvgIpc) is 3.05. The van der Waals surface area contributed by atoms with Gasteiger partial charge in [0.25, 0.3) is 5.91 Å². The second-order valence-electron chi connectivity index (χ2n) is 5.64. The minimum absolute atomic E-state index is 0.330. The van der Waals surface area contributed by atoms with Gasteiger partial charge in [-0.15, -0.1) is 0 Å². The maximum Gasteiger partial charge on any atom is 0.291 e. The molecule has 0 saturated carbocycles. The Labute approximate surface area is 154 Å². The number of rotatable bonds is 5. The third-order valence-corrected chi connectivity index (χ3v) is 4.06. The fourth-order valence-corrected chi connectivity index (χ4v) is 2.72. The molecule has 1 heterocycles. The molecule has 3 aromatic rings. The Hall–Kier alpha value is -2.73. The number of hydrazone groups is 1. The molecule has 0 unspecified atom stereocenters. The van der Waals surface area contributed by atoms with Gasteiger partial charge in [-0.2, -0.15) is 10.2 Å². The number of hydrogen-bond acceptors (Lipinski definition) is 3. The lowest BCUT2D eigenvalue weighted by Crippen LogP contribution is -2.18. The van der Waals surface area contributed by atoms with E-state index in [9.17, 15) is 4.79 Å². The number of nitrogens with zero attached hydrogens (tertiary/aromatic N) is 3. The van der Waals surface area contributed by atoms with Gasteiger partial charge in [0.15, 0.2) is 5.69 Å². The first-order chi connectivity index (χ1) is 12.1. The van der Waals surface area contributed by atoms with Crippen LogP contribution in [0.2, 0.25) is 0 Å². The van der Waals surface area contributed by atoms with Gasteiger partial charge in [-0.05, 0) is 36.2 Å². The number of carbonyl (C=O) groups is 1. The third kappa shape index (κ3) is 4.87. The summed E-state index contributed by atoms with van der Waals surface area (Å²) in [7, 11) is 0. The third-order valence-electron chi connectivity index (χ3n) is 3.56.